The Morgan fingerprint density at radius 3 is 2.50 bits per heavy atom. The highest BCUT2D eigenvalue weighted by molar-refractivity contribution is 6.05. The minimum absolute atomic E-state index is 0.0614. The molecule has 1 aromatic heterocycles. The van der Waals surface area contributed by atoms with E-state index in [1.165, 1.54) is 31.4 Å². The third-order valence-electron chi connectivity index (χ3n) is 5.85. The summed E-state index contributed by atoms with van der Waals surface area (Å²) >= 11 is 0. The first-order valence-corrected chi connectivity index (χ1v) is 10.7. The largest absolute Gasteiger partial charge is 0.497 e. The Morgan fingerprint density at radius 1 is 1.09 bits per heavy atom. The van der Waals surface area contributed by atoms with Gasteiger partial charge < -0.3 is 19.4 Å². The smallest absolute Gasteiger partial charge is 0.416 e. The summed E-state index contributed by atoms with van der Waals surface area (Å²) in [5.74, 6) is -0.379. The molecule has 1 amide bonds. The molecule has 0 radical (unpaired) electrons. The summed E-state index contributed by atoms with van der Waals surface area (Å²) in [7, 11) is 3.44. The van der Waals surface area contributed by atoms with Crippen molar-refractivity contribution in [2.24, 2.45) is 0 Å². The van der Waals surface area contributed by atoms with Gasteiger partial charge in [-0.3, -0.25) is 9.69 Å². The highest BCUT2D eigenvalue weighted by atomic mass is 19.4. The number of fused-ring (bicyclic) bond motifs is 1. The number of carbonyl (C=O) groups excluding carboxylic acids is 1. The van der Waals surface area contributed by atoms with Gasteiger partial charge in [-0.15, -0.1) is 0 Å². The summed E-state index contributed by atoms with van der Waals surface area (Å²) < 4.78 is 51.7. The van der Waals surface area contributed by atoms with Crippen molar-refractivity contribution in [3.05, 3.63) is 69.6 Å². The molecule has 34 heavy (non-hydrogen) atoms. The normalized spacial score (nSPS) is 15.4. The fourth-order valence-electron chi connectivity index (χ4n) is 3.88. The van der Waals surface area contributed by atoms with Crippen molar-refractivity contribution in [2.45, 2.75) is 12.7 Å². The van der Waals surface area contributed by atoms with E-state index in [1.807, 2.05) is 11.9 Å². The van der Waals surface area contributed by atoms with Crippen LogP contribution >= 0.6 is 0 Å². The Hall–Kier alpha value is -3.37. The monoisotopic (exact) mass is 475 g/mol. The van der Waals surface area contributed by atoms with Crippen molar-refractivity contribution in [1.29, 1.82) is 0 Å². The summed E-state index contributed by atoms with van der Waals surface area (Å²) in [6.07, 6.45) is -4.59. The van der Waals surface area contributed by atoms with Gasteiger partial charge in [-0.05, 0) is 42.9 Å². The van der Waals surface area contributed by atoms with Crippen molar-refractivity contribution in [1.82, 2.24) is 9.80 Å². The first-order valence-electron chi connectivity index (χ1n) is 10.7. The lowest BCUT2D eigenvalue weighted by Crippen LogP contribution is -2.44. The lowest BCUT2D eigenvalue weighted by molar-refractivity contribution is -0.138. The van der Waals surface area contributed by atoms with Gasteiger partial charge in [0.2, 0.25) is 0 Å². The van der Waals surface area contributed by atoms with Crippen LogP contribution in [0.2, 0.25) is 0 Å². The van der Waals surface area contributed by atoms with Gasteiger partial charge in [0.25, 0.3) is 5.91 Å². The number of rotatable bonds is 5. The van der Waals surface area contributed by atoms with E-state index in [0.29, 0.717) is 24.2 Å². The summed E-state index contributed by atoms with van der Waals surface area (Å²) in [6.45, 7) is 3.09. The maximum absolute atomic E-state index is 13.8. The van der Waals surface area contributed by atoms with E-state index in [1.54, 1.807) is 12.1 Å². The number of piperazine rings is 1. The molecular weight excluding hydrogens is 451 g/mol. The Balaban J connectivity index is 1.58. The number of carbonyl (C=O) groups is 1. The summed E-state index contributed by atoms with van der Waals surface area (Å²) in [5.41, 5.74) is -1.73. The van der Waals surface area contributed by atoms with Crippen LogP contribution in [-0.2, 0) is 12.7 Å². The zero-order valence-electron chi connectivity index (χ0n) is 18.7. The number of ether oxygens (including phenoxy) is 1. The fraction of sp³-hybridized carbons (Fsp3) is 0.333. The van der Waals surface area contributed by atoms with Crippen LogP contribution in [0.4, 0.5) is 18.9 Å². The van der Waals surface area contributed by atoms with Gasteiger partial charge in [-0.1, -0.05) is 6.07 Å². The summed E-state index contributed by atoms with van der Waals surface area (Å²) in [6, 6.07) is 9.77. The van der Waals surface area contributed by atoms with Gasteiger partial charge in [0.05, 0.1) is 12.7 Å². The fourth-order valence-corrected chi connectivity index (χ4v) is 3.88. The number of methoxy groups -OCH3 is 1. The average molecular weight is 475 g/mol. The van der Waals surface area contributed by atoms with Crippen LogP contribution in [0.25, 0.3) is 11.0 Å². The second kappa shape index (κ2) is 9.47. The second-order valence-electron chi connectivity index (χ2n) is 8.25. The van der Waals surface area contributed by atoms with E-state index in [-0.39, 0.29) is 28.9 Å². The number of amides is 1. The molecule has 1 aliphatic heterocycles. The molecule has 0 aliphatic carbocycles. The van der Waals surface area contributed by atoms with E-state index >= 15 is 0 Å². The molecule has 180 valence electrons. The number of halogens is 3. The molecule has 7 nitrogen and oxygen atoms in total. The number of nitrogens with zero attached hydrogens (tertiary/aromatic N) is 2. The molecule has 3 aromatic rings. The minimum Gasteiger partial charge on any atom is -0.497 e. The van der Waals surface area contributed by atoms with Gasteiger partial charge in [0.15, 0.2) is 0 Å². The first-order chi connectivity index (χ1) is 16.1. The van der Waals surface area contributed by atoms with E-state index in [0.717, 1.165) is 19.2 Å². The minimum atomic E-state index is -4.59. The van der Waals surface area contributed by atoms with Crippen LogP contribution in [0, 0.1) is 0 Å². The van der Waals surface area contributed by atoms with E-state index in [4.69, 9.17) is 9.15 Å². The van der Waals surface area contributed by atoms with Crippen LogP contribution in [-0.4, -0.2) is 56.0 Å². The average Bonchev–Trinajstić information content (AvgIpc) is 2.80. The standard InChI is InChI=1S/C24H24F3N3O4/c1-29-7-9-30(10-8-29)14-16-3-5-17(12-20(16)24(25,26)27)28-22(31)19-11-15-4-6-18(33-2)13-21(15)34-23(19)32/h3-6,11-13H,7-10,14H2,1-2H3,(H,28,31). The predicted molar refractivity (Wildman–Crippen MR) is 121 cm³/mol. The highest BCUT2D eigenvalue weighted by Crippen LogP contribution is 2.34. The zero-order chi connectivity index (χ0) is 24.5. The zero-order valence-corrected chi connectivity index (χ0v) is 18.7. The van der Waals surface area contributed by atoms with Crippen molar-refractivity contribution in [3.63, 3.8) is 0 Å². The number of likely N-dealkylation sites (N-methyl/N-ethyl adjacent to an activating group) is 1. The predicted octanol–water partition coefficient (Wildman–Crippen LogP) is 3.82. The first kappa shape index (κ1) is 23.8. The molecule has 0 spiro atoms. The van der Waals surface area contributed by atoms with Crippen molar-refractivity contribution in [3.8, 4) is 5.75 Å². The molecular formula is C24H24F3N3O4. The van der Waals surface area contributed by atoms with Gasteiger partial charge in [0, 0.05) is 49.9 Å². The third kappa shape index (κ3) is 5.23. The van der Waals surface area contributed by atoms with Crippen LogP contribution < -0.4 is 15.7 Å². The topological polar surface area (TPSA) is 75.0 Å². The molecule has 4 rings (SSSR count). The van der Waals surface area contributed by atoms with E-state index in [2.05, 4.69) is 10.2 Å². The number of anilines is 1. The lowest BCUT2D eigenvalue weighted by Gasteiger charge is -2.33. The molecule has 2 heterocycles. The molecule has 1 saturated heterocycles. The Kier molecular flexibility index (Phi) is 6.63. The summed E-state index contributed by atoms with van der Waals surface area (Å²) in [5, 5.41) is 2.87. The number of benzene rings is 2. The number of alkyl halides is 3. The quantitative estimate of drug-likeness (QED) is 0.566. The van der Waals surface area contributed by atoms with Gasteiger partial charge >= 0.3 is 11.8 Å². The molecule has 1 aliphatic rings. The lowest BCUT2D eigenvalue weighted by atomic mass is 10.0. The molecule has 0 saturated carbocycles. The molecule has 2 aromatic carbocycles. The van der Waals surface area contributed by atoms with Crippen molar-refractivity contribution >= 4 is 22.6 Å². The number of hydrogen-bond acceptors (Lipinski definition) is 6. The SMILES string of the molecule is COc1ccc2cc(C(=O)Nc3ccc(CN4CCN(C)CC4)c(C(F)(F)F)c3)c(=O)oc2c1. The van der Waals surface area contributed by atoms with E-state index in [9.17, 15) is 22.8 Å². The van der Waals surface area contributed by atoms with Crippen molar-refractivity contribution < 1.29 is 27.1 Å². The van der Waals surface area contributed by atoms with E-state index < -0.39 is 23.3 Å². The summed E-state index contributed by atoms with van der Waals surface area (Å²) in [4.78, 5) is 29.1. The second-order valence-corrected chi connectivity index (χ2v) is 8.25. The van der Waals surface area contributed by atoms with Gasteiger partial charge in [-0.25, -0.2) is 4.79 Å². The Bertz CT molecular complexity index is 1260. The van der Waals surface area contributed by atoms with Gasteiger partial charge in [-0.2, -0.15) is 13.2 Å². The third-order valence-corrected chi connectivity index (χ3v) is 5.85. The molecule has 10 heteroatoms. The van der Waals surface area contributed by atoms with Crippen LogP contribution in [0.15, 0.2) is 51.7 Å². The van der Waals surface area contributed by atoms with Crippen LogP contribution in [0.5, 0.6) is 5.75 Å². The molecule has 0 bridgehead atoms. The van der Waals surface area contributed by atoms with Gasteiger partial charge in [0.1, 0.15) is 16.9 Å². The molecule has 1 fully saturated rings. The molecule has 1 N–H and O–H groups in total. The Morgan fingerprint density at radius 2 is 1.82 bits per heavy atom. The highest BCUT2D eigenvalue weighted by Gasteiger charge is 2.34. The van der Waals surface area contributed by atoms with Crippen LogP contribution in [0.3, 0.4) is 0 Å². The maximum Gasteiger partial charge on any atom is 0.416 e. The maximum atomic E-state index is 13.8. The van der Waals surface area contributed by atoms with Crippen molar-refractivity contribution in [2.75, 3.05) is 45.7 Å². The molecule has 0 atom stereocenters. The number of nitrogens with one attached hydrogen (secondary N) is 1. The van der Waals surface area contributed by atoms with Crippen LogP contribution in [0.1, 0.15) is 21.5 Å². The Labute approximate surface area is 193 Å². The molecule has 0 unspecified atom stereocenters. The number of hydrogen-bond donors (Lipinski definition) is 1.